The van der Waals surface area contributed by atoms with Gasteiger partial charge in [-0.2, -0.15) is 5.10 Å². The van der Waals surface area contributed by atoms with E-state index in [1.807, 2.05) is 0 Å². The van der Waals surface area contributed by atoms with Gasteiger partial charge in [0.05, 0.1) is 29.1 Å². The highest BCUT2D eigenvalue weighted by Crippen LogP contribution is 2.25. The number of hydrogen-bond acceptors (Lipinski definition) is 5. The molecule has 1 N–H and O–H groups in total. The van der Waals surface area contributed by atoms with Gasteiger partial charge in [0.15, 0.2) is 5.82 Å². The number of ether oxygens (including phenoxy) is 2. The van der Waals surface area contributed by atoms with Crippen LogP contribution >= 0.6 is 11.6 Å². The molecule has 0 saturated carbocycles. The van der Waals surface area contributed by atoms with E-state index < -0.39 is 21.4 Å². The summed E-state index contributed by atoms with van der Waals surface area (Å²) in [7, 11) is -3.44. The van der Waals surface area contributed by atoms with Crippen LogP contribution in [0.1, 0.15) is 19.8 Å². The molecule has 3 rings (SSSR count). The highest BCUT2D eigenvalue weighted by Gasteiger charge is 2.37. The second kappa shape index (κ2) is 8.14. The molecule has 0 bridgehead atoms. The second-order valence-corrected chi connectivity index (χ2v) is 8.89. The van der Waals surface area contributed by atoms with E-state index >= 15 is 0 Å². The number of rotatable bonds is 7. The lowest BCUT2D eigenvalue weighted by Gasteiger charge is -2.37. The maximum absolute atomic E-state index is 14.4. The summed E-state index contributed by atoms with van der Waals surface area (Å²) in [5.41, 5.74) is -0.630. The summed E-state index contributed by atoms with van der Waals surface area (Å²) in [5.74, 6) is -0.282. The van der Waals surface area contributed by atoms with Crippen LogP contribution in [0.25, 0.3) is 5.69 Å². The Labute approximate surface area is 162 Å². The van der Waals surface area contributed by atoms with Crippen LogP contribution in [0.2, 0.25) is 5.02 Å². The van der Waals surface area contributed by atoms with Crippen molar-refractivity contribution in [2.45, 2.75) is 25.3 Å². The zero-order valence-corrected chi connectivity index (χ0v) is 16.4. The first-order chi connectivity index (χ1) is 12.8. The van der Waals surface area contributed by atoms with Gasteiger partial charge in [0.1, 0.15) is 18.0 Å². The van der Waals surface area contributed by atoms with Crippen molar-refractivity contribution in [2.75, 3.05) is 25.6 Å². The molecule has 1 atom stereocenters. The summed E-state index contributed by atoms with van der Waals surface area (Å²) in [6.07, 6.45) is 4.20. The number of nitrogens with one attached hydrogen (secondary N) is 1. The van der Waals surface area contributed by atoms with Crippen molar-refractivity contribution >= 4 is 21.6 Å². The summed E-state index contributed by atoms with van der Waals surface area (Å²) in [6.45, 7) is 2.39. The maximum Gasteiger partial charge on any atom is 0.212 e. The Bertz CT molecular complexity index is 897. The van der Waals surface area contributed by atoms with Crippen molar-refractivity contribution in [3.63, 3.8) is 0 Å². The highest BCUT2D eigenvalue weighted by atomic mass is 35.5. The Morgan fingerprint density at radius 1 is 1.48 bits per heavy atom. The molecule has 0 aliphatic carbocycles. The first-order valence-electron chi connectivity index (χ1n) is 8.55. The van der Waals surface area contributed by atoms with Crippen molar-refractivity contribution in [3.8, 4) is 11.4 Å². The fourth-order valence-electron chi connectivity index (χ4n) is 2.90. The molecule has 1 saturated heterocycles. The summed E-state index contributed by atoms with van der Waals surface area (Å²) in [5, 5.41) is 4.37. The van der Waals surface area contributed by atoms with Gasteiger partial charge in [0.2, 0.25) is 10.0 Å². The third kappa shape index (κ3) is 4.98. The van der Waals surface area contributed by atoms with E-state index in [0.29, 0.717) is 24.5 Å². The topological polar surface area (TPSA) is 82.5 Å². The van der Waals surface area contributed by atoms with Crippen molar-refractivity contribution in [2.24, 2.45) is 0 Å². The van der Waals surface area contributed by atoms with Gasteiger partial charge in [-0.25, -0.2) is 22.2 Å². The summed E-state index contributed by atoms with van der Waals surface area (Å²) in [6, 6.07) is 4.35. The average Bonchev–Trinajstić information content (AvgIpc) is 3.07. The van der Waals surface area contributed by atoms with Gasteiger partial charge < -0.3 is 9.47 Å². The van der Waals surface area contributed by atoms with Crippen molar-refractivity contribution < 1.29 is 22.3 Å². The van der Waals surface area contributed by atoms with Crippen LogP contribution in [0, 0.1) is 5.82 Å². The lowest BCUT2D eigenvalue weighted by molar-refractivity contribution is 0.00891. The predicted molar refractivity (Wildman–Crippen MR) is 99.4 cm³/mol. The molecule has 10 heteroatoms. The van der Waals surface area contributed by atoms with Gasteiger partial charge in [0.25, 0.3) is 0 Å². The van der Waals surface area contributed by atoms with E-state index in [4.69, 9.17) is 21.1 Å². The number of benzene rings is 1. The van der Waals surface area contributed by atoms with Crippen LogP contribution in [-0.4, -0.2) is 49.3 Å². The van der Waals surface area contributed by atoms with Crippen LogP contribution in [0.15, 0.2) is 30.6 Å². The molecule has 2 aromatic rings. The SMILES string of the molecule is CCS(=O)(=O)N[C@]1(COc2ccc(-n3cc(Cl)cn3)c(F)c2)CCCOC1. The minimum absolute atomic E-state index is 0.0372. The van der Waals surface area contributed by atoms with Gasteiger partial charge in [-0.05, 0) is 31.9 Å². The molecule has 2 heterocycles. The zero-order chi connectivity index (χ0) is 19.5. The second-order valence-electron chi connectivity index (χ2n) is 6.45. The Balaban J connectivity index is 1.74. The third-order valence-corrected chi connectivity index (χ3v) is 6.01. The minimum Gasteiger partial charge on any atom is -0.491 e. The average molecular weight is 418 g/mol. The number of sulfonamides is 1. The zero-order valence-electron chi connectivity index (χ0n) is 14.8. The largest absolute Gasteiger partial charge is 0.491 e. The van der Waals surface area contributed by atoms with Gasteiger partial charge in [-0.3, -0.25) is 0 Å². The first-order valence-corrected chi connectivity index (χ1v) is 10.6. The van der Waals surface area contributed by atoms with E-state index in [1.165, 1.54) is 29.2 Å². The molecule has 1 aliphatic heterocycles. The fraction of sp³-hybridized carbons (Fsp3) is 0.471. The maximum atomic E-state index is 14.4. The molecular weight excluding hydrogens is 397 g/mol. The van der Waals surface area contributed by atoms with Crippen molar-refractivity contribution in [3.05, 3.63) is 41.4 Å². The molecule has 1 aromatic carbocycles. The molecule has 27 heavy (non-hydrogen) atoms. The molecule has 1 fully saturated rings. The molecule has 1 aromatic heterocycles. The number of aromatic nitrogens is 2. The van der Waals surface area contributed by atoms with E-state index in [9.17, 15) is 12.8 Å². The Kier molecular flexibility index (Phi) is 6.05. The standard InChI is InChI=1S/C17H21ClFN3O4S/c1-2-27(23,24)21-17(6-3-7-25-11-17)12-26-14-4-5-16(15(19)8-14)22-10-13(18)9-20-22/h4-5,8-10,21H,2-3,6-7,11-12H2,1H3/t17-/m1/s1. The molecule has 0 spiro atoms. The monoisotopic (exact) mass is 417 g/mol. The molecule has 0 radical (unpaired) electrons. The molecule has 148 valence electrons. The molecule has 1 aliphatic rings. The van der Waals surface area contributed by atoms with Gasteiger partial charge in [0, 0.05) is 18.9 Å². The summed E-state index contributed by atoms with van der Waals surface area (Å²) < 4.78 is 53.7. The number of hydrogen-bond donors (Lipinski definition) is 1. The van der Waals surface area contributed by atoms with Crippen LogP contribution in [0.4, 0.5) is 4.39 Å². The fourth-order valence-corrected chi connectivity index (χ4v) is 4.06. The quantitative estimate of drug-likeness (QED) is 0.748. The Hall–Kier alpha value is -1.68. The van der Waals surface area contributed by atoms with Gasteiger partial charge in [-0.1, -0.05) is 11.6 Å². The van der Waals surface area contributed by atoms with Gasteiger partial charge >= 0.3 is 0 Å². The summed E-state index contributed by atoms with van der Waals surface area (Å²) >= 11 is 5.81. The summed E-state index contributed by atoms with van der Waals surface area (Å²) in [4.78, 5) is 0. The van der Waals surface area contributed by atoms with E-state index in [1.54, 1.807) is 13.0 Å². The molecule has 0 unspecified atom stereocenters. The van der Waals surface area contributed by atoms with Crippen LogP contribution in [-0.2, 0) is 14.8 Å². The lowest BCUT2D eigenvalue weighted by atomic mass is 9.95. The van der Waals surface area contributed by atoms with Crippen LogP contribution in [0.5, 0.6) is 5.75 Å². The van der Waals surface area contributed by atoms with Crippen LogP contribution in [0.3, 0.4) is 0 Å². The van der Waals surface area contributed by atoms with Gasteiger partial charge in [-0.15, -0.1) is 0 Å². The van der Waals surface area contributed by atoms with E-state index in [0.717, 1.165) is 0 Å². The molecule has 0 amide bonds. The predicted octanol–water partition coefficient (Wildman–Crippen LogP) is 2.53. The van der Waals surface area contributed by atoms with E-state index in [2.05, 4.69) is 9.82 Å². The van der Waals surface area contributed by atoms with E-state index in [-0.39, 0.29) is 30.4 Å². The number of halogens is 2. The van der Waals surface area contributed by atoms with Crippen molar-refractivity contribution in [1.29, 1.82) is 0 Å². The minimum atomic E-state index is -3.44. The normalized spacial score (nSPS) is 20.6. The highest BCUT2D eigenvalue weighted by molar-refractivity contribution is 7.89. The Morgan fingerprint density at radius 3 is 2.89 bits per heavy atom. The number of nitrogens with zero attached hydrogens (tertiary/aromatic N) is 2. The third-order valence-electron chi connectivity index (χ3n) is 4.31. The smallest absolute Gasteiger partial charge is 0.212 e. The Morgan fingerprint density at radius 2 is 2.30 bits per heavy atom. The first kappa shape index (κ1) is 20.1. The van der Waals surface area contributed by atoms with Crippen molar-refractivity contribution in [1.82, 2.24) is 14.5 Å². The lowest BCUT2D eigenvalue weighted by Crippen LogP contribution is -2.57. The molecule has 7 nitrogen and oxygen atoms in total. The van der Waals surface area contributed by atoms with Crippen LogP contribution < -0.4 is 9.46 Å². The molecular formula is C17H21ClFN3O4S.